The monoisotopic (exact) mass is 727 g/mol. The van der Waals surface area contributed by atoms with Gasteiger partial charge < -0.3 is 11.5 Å². The van der Waals surface area contributed by atoms with E-state index in [1.54, 1.807) is 27.7 Å². The van der Waals surface area contributed by atoms with E-state index in [9.17, 15) is 43.3 Å². The second-order valence-corrected chi connectivity index (χ2v) is 18.4. The normalized spacial score (nSPS) is 12.2. The van der Waals surface area contributed by atoms with Crippen molar-refractivity contribution in [2.24, 2.45) is 16.5 Å². The Morgan fingerprint density at radius 3 is 1.29 bits per heavy atom. The van der Waals surface area contributed by atoms with Crippen LogP contribution in [0.5, 0.6) is 0 Å². The van der Waals surface area contributed by atoms with Gasteiger partial charge in [-0.3, -0.25) is 9.59 Å². The molecule has 0 aliphatic rings. The maximum atomic E-state index is 12.4. The number of guanidine groups is 1. The first kappa shape index (κ1) is 40.2. The van der Waals surface area contributed by atoms with Crippen LogP contribution in [-0.4, -0.2) is 74.8 Å². The Hall–Kier alpha value is -2.86. The molecular weight excluding hydrogens is 690 g/mol. The molecule has 0 spiro atoms. The summed E-state index contributed by atoms with van der Waals surface area (Å²) >= 11 is 5.45. The summed E-state index contributed by atoms with van der Waals surface area (Å²) in [6, 6.07) is 4.56. The van der Waals surface area contributed by atoms with Gasteiger partial charge in [-0.05, 0) is 72.7 Å². The summed E-state index contributed by atoms with van der Waals surface area (Å²) in [5, 5.41) is -0.809. The Labute approximate surface area is 270 Å². The van der Waals surface area contributed by atoms with Crippen LogP contribution in [0.1, 0.15) is 72.4 Å². The van der Waals surface area contributed by atoms with Gasteiger partial charge in [0.1, 0.15) is 0 Å². The van der Waals surface area contributed by atoms with Gasteiger partial charge >= 0.3 is 0 Å². The minimum absolute atomic E-state index is 0.0232. The van der Waals surface area contributed by atoms with Crippen LogP contribution in [0.2, 0.25) is 0 Å². The molecule has 45 heavy (non-hydrogen) atoms. The molecule has 0 aliphatic carbocycles. The van der Waals surface area contributed by atoms with E-state index < -0.39 is 61.4 Å². The molecule has 0 aromatic heterocycles. The fourth-order valence-corrected chi connectivity index (χ4v) is 10.4. The smallest absolute Gasteiger partial charge is 0.280 e. The molecule has 252 valence electrons. The van der Waals surface area contributed by atoms with Crippen molar-refractivity contribution >= 4 is 68.1 Å². The van der Waals surface area contributed by atoms with Gasteiger partial charge in [-0.1, -0.05) is 27.7 Å². The van der Waals surface area contributed by atoms with Crippen LogP contribution in [0.3, 0.4) is 0 Å². The number of amides is 1. The van der Waals surface area contributed by atoms with Gasteiger partial charge in [0.25, 0.3) is 11.1 Å². The molecule has 4 N–H and O–H groups in total. The molecule has 2 aromatic rings. The summed E-state index contributed by atoms with van der Waals surface area (Å²) in [6.07, 6.45) is 3.16. The van der Waals surface area contributed by atoms with Crippen molar-refractivity contribution in [3.05, 3.63) is 46.5 Å². The van der Waals surface area contributed by atoms with E-state index in [0.717, 1.165) is 24.6 Å². The van der Waals surface area contributed by atoms with Crippen LogP contribution in [0.25, 0.3) is 0 Å². The summed E-state index contributed by atoms with van der Waals surface area (Å²) in [5.41, 5.74) is 11.1. The highest BCUT2D eigenvalue weighted by Crippen LogP contribution is 2.29. The molecule has 0 saturated heterocycles. The number of aryl methyl sites for hydroxylation is 2. The molecule has 2 rings (SSSR count). The van der Waals surface area contributed by atoms with E-state index in [1.165, 1.54) is 12.1 Å². The standard InChI is InChI=1S/C14H21N3O5S2.C13H17ClO5S2/c1-4-6-24(21,22)12-7-9(5-2)10(13(18)17-14(15)16)8-11(12)23(3,19)20;1-4-6-21(18,19)12-7-9(5-2)10(13(14)15)8-11(12)20(3,16)17/h7-8H,4-6H2,1-3H3,(H4,15,16,17,18);7-8H,4-6H2,1-3H3. The highest BCUT2D eigenvalue weighted by molar-refractivity contribution is 7.94. The number of nitrogens with zero attached hydrogens (tertiary/aromatic N) is 1. The second kappa shape index (κ2) is 15.6. The van der Waals surface area contributed by atoms with E-state index in [4.69, 9.17) is 23.1 Å². The quantitative estimate of drug-likeness (QED) is 0.182. The number of nitrogens with two attached hydrogens (primary N) is 2. The third kappa shape index (κ3) is 10.6. The van der Waals surface area contributed by atoms with E-state index >= 15 is 0 Å². The van der Waals surface area contributed by atoms with Crippen molar-refractivity contribution in [1.29, 1.82) is 0 Å². The maximum Gasteiger partial charge on any atom is 0.280 e. The van der Waals surface area contributed by atoms with Crippen LogP contribution < -0.4 is 11.5 Å². The van der Waals surface area contributed by atoms with Gasteiger partial charge in [0, 0.05) is 23.6 Å². The zero-order valence-electron chi connectivity index (χ0n) is 25.7. The zero-order valence-corrected chi connectivity index (χ0v) is 29.8. The minimum atomic E-state index is -3.89. The van der Waals surface area contributed by atoms with Crippen molar-refractivity contribution in [2.45, 2.75) is 73.0 Å². The molecule has 1 amide bonds. The zero-order chi connectivity index (χ0) is 35.1. The number of hydrogen-bond donors (Lipinski definition) is 2. The highest BCUT2D eigenvalue weighted by atomic mass is 35.5. The Balaban J connectivity index is 0.000000454. The largest absolute Gasteiger partial charge is 0.370 e. The van der Waals surface area contributed by atoms with E-state index in [2.05, 4.69) is 4.99 Å². The van der Waals surface area contributed by atoms with Crippen LogP contribution in [0, 0.1) is 0 Å². The predicted molar refractivity (Wildman–Crippen MR) is 173 cm³/mol. The lowest BCUT2D eigenvalue weighted by molar-refractivity contribution is 0.100. The van der Waals surface area contributed by atoms with Gasteiger partial charge in [-0.2, -0.15) is 4.99 Å². The molecule has 0 unspecified atom stereocenters. The van der Waals surface area contributed by atoms with Crippen LogP contribution in [-0.2, 0) is 52.2 Å². The molecule has 18 heteroatoms. The highest BCUT2D eigenvalue weighted by Gasteiger charge is 2.28. The third-order valence-electron chi connectivity index (χ3n) is 6.19. The van der Waals surface area contributed by atoms with Crippen molar-refractivity contribution in [3.8, 4) is 0 Å². The minimum Gasteiger partial charge on any atom is -0.370 e. The number of carbonyl (C=O) groups excluding carboxylic acids is 2. The van der Waals surface area contributed by atoms with Crippen molar-refractivity contribution in [1.82, 2.24) is 0 Å². The lowest BCUT2D eigenvalue weighted by atomic mass is 10.0. The predicted octanol–water partition coefficient (Wildman–Crippen LogP) is 2.47. The number of sulfone groups is 4. The molecule has 0 atom stereocenters. The Kier molecular flexibility index (Phi) is 13.9. The molecule has 13 nitrogen and oxygen atoms in total. The molecule has 0 heterocycles. The number of halogens is 1. The van der Waals surface area contributed by atoms with E-state index in [1.807, 2.05) is 0 Å². The van der Waals surface area contributed by atoms with E-state index in [0.29, 0.717) is 36.8 Å². The first-order valence-corrected chi connectivity index (χ1v) is 21.0. The molecule has 0 aliphatic heterocycles. The fourth-order valence-electron chi connectivity index (χ4n) is 4.17. The fraction of sp³-hybridized carbons (Fsp3) is 0.444. The number of carbonyl (C=O) groups is 2. The second-order valence-electron chi connectivity index (χ2n) is 9.92. The van der Waals surface area contributed by atoms with Gasteiger partial charge in [0.05, 0.1) is 31.1 Å². The van der Waals surface area contributed by atoms with Gasteiger partial charge in [0.2, 0.25) is 0 Å². The third-order valence-corrected chi connectivity index (χ3v) is 12.8. The summed E-state index contributed by atoms with van der Waals surface area (Å²) < 4.78 is 97.2. The van der Waals surface area contributed by atoms with Gasteiger partial charge in [0.15, 0.2) is 45.3 Å². The first-order valence-electron chi connectivity index (χ1n) is 13.5. The van der Waals surface area contributed by atoms with Gasteiger partial charge in [-0.15, -0.1) is 0 Å². The Bertz CT molecular complexity index is 1930. The lowest BCUT2D eigenvalue weighted by Gasteiger charge is -2.13. The SMILES string of the molecule is CCCS(=O)(=O)c1cc(CC)c(C(=O)Cl)cc1S(C)(=O)=O.CCCS(=O)(=O)c1cc(CC)c(C(=O)N=C(N)N)cc1S(C)(=O)=O. The Morgan fingerprint density at radius 2 is 1.00 bits per heavy atom. The van der Waals surface area contributed by atoms with E-state index in [-0.39, 0.29) is 37.3 Å². The summed E-state index contributed by atoms with van der Waals surface area (Å²) in [4.78, 5) is 25.6. The average Bonchev–Trinajstić information content (AvgIpc) is 2.90. The van der Waals surface area contributed by atoms with Crippen molar-refractivity contribution in [2.75, 3.05) is 24.0 Å². The summed E-state index contributed by atoms with van der Waals surface area (Å²) in [7, 11) is -15.2. The Morgan fingerprint density at radius 1 is 0.644 bits per heavy atom. The molecule has 0 radical (unpaired) electrons. The number of benzene rings is 2. The van der Waals surface area contributed by atoms with Crippen LogP contribution >= 0.6 is 11.6 Å². The van der Waals surface area contributed by atoms with Crippen molar-refractivity contribution in [3.63, 3.8) is 0 Å². The molecular formula is C27H38ClN3O10S4. The van der Waals surface area contributed by atoms with Crippen LogP contribution in [0.15, 0.2) is 48.8 Å². The maximum absolute atomic E-state index is 12.4. The molecule has 0 bridgehead atoms. The molecule has 2 aromatic carbocycles. The topological polar surface area (TPSA) is 235 Å². The lowest BCUT2D eigenvalue weighted by Crippen LogP contribution is -2.24. The average molecular weight is 728 g/mol. The van der Waals surface area contributed by atoms with Crippen molar-refractivity contribution < 1.29 is 43.3 Å². The number of hydrogen-bond acceptors (Lipinski definition) is 10. The summed E-state index contributed by atoms with van der Waals surface area (Å²) in [5.74, 6) is -1.64. The summed E-state index contributed by atoms with van der Waals surface area (Å²) in [6.45, 7) is 6.80. The first-order chi connectivity index (χ1) is 20.5. The van der Waals surface area contributed by atoms with Crippen LogP contribution in [0.4, 0.5) is 0 Å². The number of aliphatic imine (C=N–C) groups is 1. The number of rotatable bonds is 12. The molecule has 0 fully saturated rings. The van der Waals surface area contributed by atoms with Gasteiger partial charge in [-0.25, -0.2) is 33.7 Å². The molecule has 0 saturated carbocycles.